The summed E-state index contributed by atoms with van der Waals surface area (Å²) in [6, 6.07) is 13.5. The first-order chi connectivity index (χ1) is 32.8. The number of allylic oxidation sites excluding steroid dienone is 1. The largest absolute Gasteiger partial charge is 0.459 e. The number of ether oxygens (including phenoxy) is 4. The number of nitriles is 1. The third kappa shape index (κ3) is 13.5. The Balaban J connectivity index is 1.37. The molecule has 366 valence electrons. The molecule has 2 fully saturated rings. The van der Waals surface area contributed by atoms with E-state index in [0.717, 1.165) is 68.9 Å². The minimum absolute atomic E-state index is 0.00380. The highest BCUT2D eigenvalue weighted by atomic mass is 16.8. The molecule has 2 heterocycles. The first kappa shape index (κ1) is 51.6. The molecule has 1 unspecified atom stereocenters. The smallest absolute Gasteiger partial charge is 0.412 e. The number of likely N-dealkylation sites (N-methyl/N-ethyl adjacent to an activating group) is 1. The van der Waals surface area contributed by atoms with E-state index in [0.29, 0.717) is 60.8 Å². The molecule has 2 amide bonds. The van der Waals surface area contributed by atoms with Gasteiger partial charge in [0.1, 0.15) is 17.5 Å². The lowest BCUT2D eigenvalue weighted by atomic mass is 9.55. The van der Waals surface area contributed by atoms with E-state index < -0.39 is 30.1 Å². The molecule has 6 rings (SSSR count). The summed E-state index contributed by atoms with van der Waals surface area (Å²) in [5.74, 6) is -1.58. The number of unbranched alkanes of at least 4 members (excludes halogenated alkanes) is 11. The number of aliphatic hydroxyl groups excluding tert-OH is 2. The van der Waals surface area contributed by atoms with Crippen molar-refractivity contribution in [2.75, 3.05) is 40.0 Å². The van der Waals surface area contributed by atoms with Crippen molar-refractivity contribution in [3.63, 3.8) is 0 Å². The fraction of sp³-hybridized carbons (Fsp3) is 0.630. The summed E-state index contributed by atoms with van der Waals surface area (Å²) in [7, 11) is 1.75. The maximum absolute atomic E-state index is 14.6. The van der Waals surface area contributed by atoms with E-state index in [1.807, 2.05) is 12.1 Å². The van der Waals surface area contributed by atoms with Gasteiger partial charge in [0.2, 0.25) is 12.1 Å². The number of carbonyl (C=O) groups is 2. The topological polar surface area (TPSA) is 172 Å². The number of aliphatic hydroxyl groups is 2. The number of carbonyl (C=O) groups excluding carboxylic acids is 2. The van der Waals surface area contributed by atoms with Crippen molar-refractivity contribution in [3.05, 3.63) is 83.5 Å². The van der Waals surface area contributed by atoms with E-state index in [9.17, 15) is 25.1 Å². The number of rotatable bonds is 27. The quantitative estimate of drug-likeness (QED) is 0.0445. The molecule has 0 radical (unpaired) electrons. The van der Waals surface area contributed by atoms with Crippen LogP contribution in [-0.4, -0.2) is 91.0 Å². The minimum atomic E-state index is -1.45. The van der Waals surface area contributed by atoms with Gasteiger partial charge < -0.3 is 44.2 Å². The molecular formula is C54H76N4O9. The van der Waals surface area contributed by atoms with Crippen LogP contribution >= 0.6 is 0 Å². The van der Waals surface area contributed by atoms with Gasteiger partial charge in [0.05, 0.1) is 36.5 Å². The number of nitrogens with zero attached hydrogens (tertiary/aromatic N) is 3. The number of nitrogens with one attached hydrogen (secondary N) is 1. The maximum atomic E-state index is 14.6. The van der Waals surface area contributed by atoms with Crippen LogP contribution in [0, 0.1) is 29.1 Å². The third-order valence-corrected chi connectivity index (χ3v) is 14.1. The minimum Gasteiger partial charge on any atom is -0.459 e. The van der Waals surface area contributed by atoms with Gasteiger partial charge in [0.25, 0.3) is 5.91 Å². The zero-order valence-electron chi connectivity index (χ0n) is 40.1. The number of hydrogen-bond donors (Lipinski definition) is 3. The number of hydrogen-bond acceptors (Lipinski definition) is 11. The van der Waals surface area contributed by atoms with Gasteiger partial charge in [-0.1, -0.05) is 94.9 Å². The molecule has 2 aromatic rings. The van der Waals surface area contributed by atoms with Crippen molar-refractivity contribution in [1.82, 2.24) is 10.2 Å². The Hall–Kier alpha value is -4.74. The van der Waals surface area contributed by atoms with Crippen LogP contribution in [0.5, 0.6) is 11.5 Å². The lowest BCUT2D eigenvalue weighted by Gasteiger charge is -2.59. The van der Waals surface area contributed by atoms with E-state index in [1.165, 1.54) is 44.9 Å². The maximum Gasteiger partial charge on any atom is 0.412 e. The molecule has 1 saturated carbocycles. The normalized spacial score (nSPS) is 24.6. The molecule has 4 aliphatic rings. The highest BCUT2D eigenvalue weighted by Gasteiger charge is 2.65. The van der Waals surface area contributed by atoms with Crippen molar-refractivity contribution in [1.29, 1.82) is 5.26 Å². The van der Waals surface area contributed by atoms with Gasteiger partial charge >= 0.3 is 6.09 Å². The van der Waals surface area contributed by atoms with Gasteiger partial charge in [0, 0.05) is 56.7 Å². The molecule has 7 atom stereocenters. The van der Waals surface area contributed by atoms with Gasteiger partial charge in [-0.15, -0.1) is 6.58 Å². The van der Waals surface area contributed by atoms with E-state index in [4.69, 9.17) is 28.9 Å². The number of fused-ring (bicyclic) bond motifs is 2. The Kier molecular flexibility index (Phi) is 20.6. The van der Waals surface area contributed by atoms with Gasteiger partial charge in [-0.05, 0) is 105 Å². The molecule has 13 nitrogen and oxygen atoms in total. The predicted octanol–water partition coefficient (Wildman–Crippen LogP) is 10.5. The van der Waals surface area contributed by atoms with Crippen molar-refractivity contribution < 1.29 is 43.6 Å². The van der Waals surface area contributed by atoms with Crippen molar-refractivity contribution in [2.45, 2.75) is 159 Å². The van der Waals surface area contributed by atoms with Crippen molar-refractivity contribution in [2.24, 2.45) is 22.9 Å². The Morgan fingerprint density at radius 1 is 0.955 bits per heavy atom. The molecule has 67 heavy (non-hydrogen) atoms. The second-order valence-electron chi connectivity index (χ2n) is 18.8. The van der Waals surface area contributed by atoms with Crippen LogP contribution in [0.2, 0.25) is 0 Å². The third-order valence-electron chi connectivity index (χ3n) is 14.1. The number of amides is 2. The number of benzene rings is 2. The molecule has 2 aliphatic heterocycles. The summed E-state index contributed by atoms with van der Waals surface area (Å²) in [5, 5.41) is 37.3. The van der Waals surface area contributed by atoms with Crippen LogP contribution in [0.15, 0.2) is 71.9 Å². The Labute approximate surface area is 398 Å². The summed E-state index contributed by atoms with van der Waals surface area (Å²) in [4.78, 5) is 35.8. The Bertz CT molecular complexity index is 1990. The molecule has 0 aromatic heterocycles. The predicted molar refractivity (Wildman–Crippen MR) is 259 cm³/mol. The molecule has 2 aromatic carbocycles. The van der Waals surface area contributed by atoms with Crippen molar-refractivity contribution >= 4 is 17.7 Å². The fourth-order valence-corrected chi connectivity index (χ4v) is 10.7. The molecule has 13 heteroatoms. The molecule has 0 spiro atoms. The SMILES string of the molecule is C=CCO[C@@]12Oc3ccc(OC(=O)NCCCCCCCCCCCC)cc3[C@H]3[C@H](CCCCO)[C@@H](CCCCO)C=C(C(=NOC4CCCCO4)C[C@@H]1N(C)C(=O)c1ccc(C#N)cc1)[C@H]32. The van der Waals surface area contributed by atoms with Gasteiger partial charge in [-0.2, -0.15) is 5.26 Å². The van der Waals surface area contributed by atoms with Crippen LogP contribution in [0.25, 0.3) is 0 Å². The molecule has 1 saturated heterocycles. The standard InChI is InChI=1S/C54H76N4O9/c1-4-6-7-8-9-10-11-12-13-17-30-56-53(62)65-42-28-29-47-45(36-42)50-43(22-15-19-32-60)41(21-14-18-31-59)35-44-46(57-67-49-23-16-20-34-63-49)37-48(54(66-47,51(44)50)64-33-5-2)58(3)52(61)40-26-24-39(38-55)25-27-40/h5,24-29,35-36,41,43,48-51,59-60H,2,4,6-23,30-34,37H2,1,3H3,(H,56,62)/t41-,43+,48-,49?,50+,51+,54+/m0/s1. The highest BCUT2D eigenvalue weighted by Crippen LogP contribution is 2.62. The summed E-state index contributed by atoms with van der Waals surface area (Å²) < 4.78 is 26.3. The Morgan fingerprint density at radius 3 is 2.34 bits per heavy atom. The monoisotopic (exact) mass is 925 g/mol. The molecule has 3 N–H and O–H groups in total. The summed E-state index contributed by atoms with van der Waals surface area (Å²) in [5.41, 5.74) is 3.27. The van der Waals surface area contributed by atoms with Crippen LogP contribution in [0.3, 0.4) is 0 Å². The molecule has 0 bridgehead atoms. The van der Waals surface area contributed by atoms with E-state index in [2.05, 4.69) is 31.0 Å². The van der Waals surface area contributed by atoms with Crippen molar-refractivity contribution in [3.8, 4) is 17.6 Å². The molecule has 2 aliphatic carbocycles. The van der Waals surface area contributed by atoms with E-state index >= 15 is 0 Å². The van der Waals surface area contributed by atoms with Crippen LogP contribution in [0.1, 0.15) is 163 Å². The van der Waals surface area contributed by atoms with E-state index in [1.54, 1.807) is 48.4 Å². The zero-order chi connectivity index (χ0) is 47.4. The average molecular weight is 925 g/mol. The fourth-order valence-electron chi connectivity index (χ4n) is 10.7. The summed E-state index contributed by atoms with van der Waals surface area (Å²) in [6.45, 7) is 7.64. The lowest BCUT2D eigenvalue weighted by molar-refractivity contribution is -0.252. The average Bonchev–Trinajstić information content (AvgIpc) is 3.35. The second kappa shape index (κ2) is 26.7. The summed E-state index contributed by atoms with van der Waals surface area (Å²) in [6.07, 6.45) is 22.3. The van der Waals surface area contributed by atoms with Gasteiger partial charge in [-0.3, -0.25) is 4.79 Å². The Morgan fingerprint density at radius 2 is 1.67 bits per heavy atom. The first-order valence-electron chi connectivity index (χ1n) is 25.4. The van der Waals surface area contributed by atoms with Gasteiger partial charge in [-0.25, -0.2) is 4.79 Å². The summed E-state index contributed by atoms with van der Waals surface area (Å²) >= 11 is 0. The zero-order valence-corrected chi connectivity index (χ0v) is 40.1. The second-order valence-corrected chi connectivity index (χ2v) is 18.8. The van der Waals surface area contributed by atoms with Crippen LogP contribution in [-0.2, 0) is 14.3 Å². The highest BCUT2D eigenvalue weighted by molar-refractivity contribution is 6.03. The lowest BCUT2D eigenvalue weighted by Crippen LogP contribution is -2.69. The van der Waals surface area contributed by atoms with Crippen LogP contribution in [0.4, 0.5) is 4.79 Å². The van der Waals surface area contributed by atoms with E-state index in [-0.39, 0.29) is 49.9 Å². The first-order valence-corrected chi connectivity index (χ1v) is 25.4. The van der Waals surface area contributed by atoms with Gasteiger partial charge in [0.15, 0.2) is 0 Å². The number of oxime groups is 1. The molecular weight excluding hydrogens is 849 g/mol. The van der Waals surface area contributed by atoms with Crippen LogP contribution < -0.4 is 14.8 Å².